The van der Waals surface area contributed by atoms with Gasteiger partial charge in [0.1, 0.15) is 11.0 Å². The monoisotopic (exact) mass is 368 g/mol. The van der Waals surface area contributed by atoms with Gasteiger partial charge in [0.2, 0.25) is 0 Å². The van der Waals surface area contributed by atoms with Gasteiger partial charge in [-0.1, -0.05) is 0 Å². The van der Waals surface area contributed by atoms with Gasteiger partial charge in [-0.15, -0.1) is 0 Å². The average Bonchev–Trinajstić information content (AvgIpc) is 2.89. The fraction of sp³-hybridized carbons (Fsp3) is 0.667. The van der Waals surface area contributed by atoms with E-state index in [4.69, 9.17) is 0 Å². The Morgan fingerprint density at radius 1 is 1.52 bits per heavy atom. The number of rotatable bonds is 5. The van der Waals surface area contributed by atoms with Crippen molar-refractivity contribution in [1.82, 2.24) is 15.1 Å². The van der Waals surface area contributed by atoms with Gasteiger partial charge >= 0.3 is 6.18 Å². The smallest absolute Gasteiger partial charge is 0.383 e. The number of nitrogens with one attached hydrogen (secondary N) is 2. The van der Waals surface area contributed by atoms with Gasteiger partial charge in [-0.05, 0) is 41.7 Å². The van der Waals surface area contributed by atoms with Crippen molar-refractivity contribution in [2.75, 3.05) is 18.4 Å². The molecule has 2 rings (SSSR count). The summed E-state index contributed by atoms with van der Waals surface area (Å²) in [5.41, 5.74) is -0.382. The fourth-order valence-electron chi connectivity index (χ4n) is 2.25. The van der Waals surface area contributed by atoms with E-state index in [1.165, 1.54) is 6.20 Å². The molecule has 0 radical (unpaired) electrons. The summed E-state index contributed by atoms with van der Waals surface area (Å²) in [6.45, 7) is 0.251. The largest absolute Gasteiger partial charge is 0.408 e. The Labute approximate surface area is 128 Å². The third kappa shape index (κ3) is 4.70. The minimum absolute atomic E-state index is 0.0705. The molecule has 9 heteroatoms. The lowest BCUT2D eigenvalue weighted by Gasteiger charge is -2.13. The first-order valence-corrected chi connectivity index (χ1v) is 7.46. The molecule has 1 aliphatic heterocycles. The van der Waals surface area contributed by atoms with Crippen LogP contribution < -0.4 is 16.2 Å². The molecule has 1 saturated heterocycles. The van der Waals surface area contributed by atoms with Crippen molar-refractivity contribution in [2.45, 2.75) is 38.0 Å². The van der Waals surface area contributed by atoms with Crippen LogP contribution in [-0.2, 0) is 6.54 Å². The van der Waals surface area contributed by atoms with E-state index in [1.54, 1.807) is 0 Å². The second kappa shape index (κ2) is 6.78. The molecule has 1 aliphatic rings. The first-order chi connectivity index (χ1) is 9.87. The first kappa shape index (κ1) is 16.3. The molecule has 0 aliphatic carbocycles. The molecular formula is C12H16BrF3N4O. The third-order valence-corrected chi connectivity index (χ3v) is 4.05. The maximum atomic E-state index is 12.3. The number of hydrogen-bond acceptors (Lipinski definition) is 4. The van der Waals surface area contributed by atoms with Crippen LogP contribution in [0.25, 0.3) is 0 Å². The van der Waals surface area contributed by atoms with E-state index in [0.29, 0.717) is 23.0 Å². The van der Waals surface area contributed by atoms with Crippen molar-refractivity contribution < 1.29 is 13.2 Å². The minimum Gasteiger partial charge on any atom is -0.383 e. The number of aromatic nitrogens is 2. The van der Waals surface area contributed by atoms with Crippen molar-refractivity contribution in [1.29, 1.82) is 0 Å². The average molecular weight is 369 g/mol. The van der Waals surface area contributed by atoms with Crippen LogP contribution in [0.3, 0.4) is 0 Å². The predicted molar refractivity (Wildman–Crippen MR) is 76.4 cm³/mol. The molecule has 0 aromatic carbocycles. The highest BCUT2D eigenvalue weighted by atomic mass is 79.9. The Morgan fingerprint density at radius 2 is 2.29 bits per heavy atom. The summed E-state index contributed by atoms with van der Waals surface area (Å²) in [6, 6.07) is 0.454. The summed E-state index contributed by atoms with van der Waals surface area (Å²) in [6.07, 6.45) is -0.0750. The van der Waals surface area contributed by atoms with E-state index in [1.807, 2.05) is 0 Å². The zero-order valence-electron chi connectivity index (χ0n) is 11.2. The maximum Gasteiger partial charge on any atom is 0.408 e. The molecule has 0 spiro atoms. The van der Waals surface area contributed by atoms with E-state index in [-0.39, 0.29) is 4.47 Å². The highest BCUT2D eigenvalue weighted by molar-refractivity contribution is 9.10. The molecule has 118 valence electrons. The summed E-state index contributed by atoms with van der Waals surface area (Å²) in [5.74, 6) is 0. The highest BCUT2D eigenvalue weighted by Gasteiger charge is 2.29. The standard InChI is InChI=1S/C12H16BrF3N4O/c13-10-9(18-5-3-8-2-1-4-17-8)6-19-20(11(10)21)7-12(14,15)16/h6,8,17-18H,1-5,7H2. The van der Waals surface area contributed by atoms with Crippen LogP contribution in [-0.4, -0.2) is 35.1 Å². The zero-order valence-corrected chi connectivity index (χ0v) is 12.8. The molecule has 0 saturated carbocycles. The van der Waals surface area contributed by atoms with E-state index in [0.717, 1.165) is 25.8 Å². The van der Waals surface area contributed by atoms with E-state index < -0.39 is 18.3 Å². The fourth-order valence-corrected chi connectivity index (χ4v) is 2.70. The summed E-state index contributed by atoms with van der Waals surface area (Å²) >= 11 is 3.03. The molecule has 1 fully saturated rings. The van der Waals surface area contributed by atoms with Crippen molar-refractivity contribution in [3.05, 3.63) is 21.0 Å². The Hall–Kier alpha value is -1.09. The minimum atomic E-state index is -4.47. The van der Waals surface area contributed by atoms with Crippen molar-refractivity contribution in [2.24, 2.45) is 0 Å². The van der Waals surface area contributed by atoms with Gasteiger partial charge in [-0.2, -0.15) is 18.3 Å². The SMILES string of the molecule is O=c1c(Br)c(NCCC2CCCN2)cnn1CC(F)(F)F. The quantitative estimate of drug-likeness (QED) is 0.835. The number of halogens is 4. The highest BCUT2D eigenvalue weighted by Crippen LogP contribution is 2.19. The first-order valence-electron chi connectivity index (χ1n) is 6.66. The van der Waals surface area contributed by atoms with Gasteiger partial charge in [0.25, 0.3) is 5.56 Å². The number of alkyl halides is 3. The molecule has 1 unspecified atom stereocenters. The van der Waals surface area contributed by atoms with Crippen LogP contribution in [0.5, 0.6) is 0 Å². The number of nitrogens with zero attached hydrogens (tertiary/aromatic N) is 2. The van der Waals surface area contributed by atoms with E-state index in [2.05, 4.69) is 31.7 Å². The second-order valence-electron chi connectivity index (χ2n) is 4.96. The van der Waals surface area contributed by atoms with Gasteiger partial charge in [0.05, 0.1) is 11.9 Å². The number of hydrogen-bond donors (Lipinski definition) is 2. The van der Waals surface area contributed by atoms with Crippen LogP contribution in [0, 0.1) is 0 Å². The molecule has 2 heterocycles. The second-order valence-corrected chi connectivity index (χ2v) is 5.75. The molecular weight excluding hydrogens is 353 g/mol. The van der Waals surface area contributed by atoms with Crippen LogP contribution in [0.2, 0.25) is 0 Å². The van der Waals surface area contributed by atoms with Crippen LogP contribution in [0.15, 0.2) is 15.5 Å². The molecule has 0 amide bonds. The molecule has 5 nitrogen and oxygen atoms in total. The van der Waals surface area contributed by atoms with Crippen LogP contribution >= 0.6 is 15.9 Å². The Bertz CT molecular complexity index is 540. The van der Waals surface area contributed by atoms with E-state index in [9.17, 15) is 18.0 Å². The third-order valence-electron chi connectivity index (χ3n) is 3.28. The van der Waals surface area contributed by atoms with Gasteiger partial charge in [-0.25, -0.2) is 4.68 Å². The summed E-state index contributed by atoms with van der Waals surface area (Å²) in [7, 11) is 0. The van der Waals surface area contributed by atoms with Crippen LogP contribution in [0.4, 0.5) is 18.9 Å². The summed E-state index contributed by atoms with van der Waals surface area (Å²) < 4.78 is 37.3. The Kier molecular flexibility index (Phi) is 5.26. The molecule has 21 heavy (non-hydrogen) atoms. The van der Waals surface area contributed by atoms with Crippen molar-refractivity contribution >= 4 is 21.6 Å². The normalized spacial score (nSPS) is 19.0. The Morgan fingerprint density at radius 3 is 2.90 bits per heavy atom. The van der Waals surface area contributed by atoms with Gasteiger partial charge in [0, 0.05) is 12.6 Å². The molecule has 1 atom stereocenters. The Balaban J connectivity index is 1.97. The molecule has 2 N–H and O–H groups in total. The zero-order chi connectivity index (χ0) is 15.5. The topological polar surface area (TPSA) is 59.0 Å². The number of anilines is 1. The van der Waals surface area contributed by atoms with Gasteiger partial charge < -0.3 is 10.6 Å². The van der Waals surface area contributed by atoms with Gasteiger partial charge in [0.15, 0.2) is 0 Å². The molecule has 1 aromatic rings. The summed E-state index contributed by atoms with van der Waals surface area (Å²) in [5, 5.41) is 9.92. The lowest BCUT2D eigenvalue weighted by atomic mass is 10.1. The molecule has 0 bridgehead atoms. The lowest BCUT2D eigenvalue weighted by Crippen LogP contribution is -2.31. The van der Waals surface area contributed by atoms with E-state index >= 15 is 0 Å². The molecule has 1 aromatic heterocycles. The van der Waals surface area contributed by atoms with Crippen LogP contribution in [0.1, 0.15) is 19.3 Å². The maximum absolute atomic E-state index is 12.3. The van der Waals surface area contributed by atoms with Crippen molar-refractivity contribution in [3.63, 3.8) is 0 Å². The van der Waals surface area contributed by atoms with Crippen molar-refractivity contribution in [3.8, 4) is 0 Å². The lowest BCUT2D eigenvalue weighted by molar-refractivity contribution is -0.143. The predicted octanol–water partition coefficient (Wildman–Crippen LogP) is 2.12. The van der Waals surface area contributed by atoms with Gasteiger partial charge in [-0.3, -0.25) is 4.79 Å². The summed E-state index contributed by atoms with van der Waals surface area (Å²) in [4.78, 5) is 11.8.